The van der Waals surface area contributed by atoms with Gasteiger partial charge in [-0.1, -0.05) is 18.2 Å². The fraction of sp³-hybridized carbons (Fsp3) is 0.545. The monoisotopic (exact) mass is 435 g/mol. The molecular weight excluding hydrogens is 407 g/mol. The van der Waals surface area contributed by atoms with E-state index in [4.69, 9.17) is 0 Å². The molecule has 0 aliphatic carbocycles. The van der Waals surface area contributed by atoms with Crippen LogP contribution >= 0.6 is 0 Å². The number of rotatable bonds is 6. The molecule has 2 aromatic rings. The first-order valence-electron chi connectivity index (χ1n) is 10.8. The summed E-state index contributed by atoms with van der Waals surface area (Å²) >= 11 is 0. The largest absolute Gasteiger partial charge is 0.416 e. The Kier molecular flexibility index (Phi) is 6.62. The fourth-order valence-corrected chi connectivity index (χ4v) is 4.46. The van der Waals surface area contributed by atoms with Crippen molar-refractivity contribution in [1.29, 1.82) is 0 Å². The van der Waals surface area contributed by atoms with Crippen LogP contribution in [0.2, 0.25) is 0 Å². The van der Waals surface area contributed by atoms with Crippen molar-refractivity contribution in [1.82, 2.24) is 14.9 Å². The Balaban J connectivity index is 1.30. The minimum atomic E-state index is -4.31. The molecular formula is C22H28F3N5O. The number of hydrogen-bond donors (Lipinski definition) is 2. The number of likely N-dealkylation sites (tertiary alicyclic amines) is 1. The smallest absolute Gasteiger partial charge is 0.394 e. The van der Waals surface area contributed by atoms with Crippen molar-refractivity contribution in [2.24, 2.45) is 0 Å². The van der Waals surface area contributed by atoms with Gasteiger partial charge in [-0.3, -0.25) is 4.90 Å². The average molecular weight is 435 g/mol. The van der Waals surface area contributed by atoms with Gasteiger partial charge in [0.1, 0.15) is 18.0 Å². The Morgan fingerprint density at radius 3 is 2.61 bits per heavy atom. The molecule has 0 bridgehead atoms. The quantitative estimate of drug-likeness (QED) is 0.724. The predicted octanol–water partition coefficient (Wildman–Crippen LogP) is 3.53. The van der Waals surface area contributed by atoms with Crippen molar-refractivity contribution in [3.05, 3.63) is 47.8 Å². The van der Waals surface area contributed by atoms with Crippen LogP contribution in [0.3, 0.4) is 0 Å². The SMILES string of the molecule is OCC1CCCN1c1cc(NC2CCN(Cc3cccc(C(F)(F)F)c3)CC2)ncn1. The number of aliphatic hydroxyl groups is 1. The van der Waals surface area contributed by atoms with Gasteiger partial charge in [-0.05, 0) is 37.3 Å². The summed E-state index contributed by atoms with van der Waals surface area (Å²) in [4.78, 5) is 13.0. The number of hydrogen-bond acceptors (Lipinski definition) is 6. The molecule has 3 heterocycles. The predicted molar refractivity (Wildman–Crippen MR) is 113 cm³/mol. The molecule has 0 radical (unpaired) electrons. The van der Waals surface area contributed by atoms with Crippen molar-refractivity contribution in [3.63, 3.8) is 0 Å². The van der Waals surface area contributed by atoms with Gasteiger partial charge in [-0.25, -0.2) is 9.97 Å². The summed E-state index contributed by atoms with van der Waals surface area (Å²) in [5, 5.41) is 13.0. The molecule has 1 unspecified atom stereocenters. The number of halogens is 3. The van der Waals surface area contributed by atoms with E-state index in [0.29, 0.717) is 12.1 Å². The third kappa shape index (κ3) is 5.46. The summed E-state index contributed by atoms with van der Waals surface area (Å²) in [6.07, 6.45) is 1.03. The van der Waals surface area contributed by atoms with Crippen molar-refractivity contribution in [2.75, 3.05) is 36.5 Å². The standard InChI is InChI=1S/C22H28F3N5O/c23-22(24,25)17-4-1-3-16(11-17)13-29-9-6-18(7-10-29)28-20-12-21(27-15-26-20)30-8-2-5-19(30)14-31/h1,3-4,11-12,15,18-19,31H,2,5-10,13-14H2,(H,26,27,28). The summed E-state index contributed by atoms with van der Waals surface area (Å²) in [7, 11) is 0. The van der Waals surface area contributed by atoms with E-state index in [-0.39, 0.29) is 18.7 Å². The van der Waals surface area contributed by atoms with Crippen LogP contribution in [-0.2, 0) is 12.7 Å². The second kappa shape index (κ2) is 9.40. The van der Waals surface area contributed by atoms with Crippen LogP contribution in [0.15, 0.2) is 36.7 Å². The minimum absolute atomic E-state index is 0.113. The minimum Gasteiger partial charge on any atom is -0.394 e. The summed E-state index contributed by atoms with van der Waals surface area (Å²) < 4.78 is 38.8. The second-order valence-electron chi connectivity index (χ2n) is 8.33. The molecule has 1 aromatic carbocycles. The highest BCUT2D eigenvalue weighted by Crippen LogP contribution is 2.30. The Hall–Kier alpha value is -2.39. The molecule has 2 saturated heterocycles. The summed E-state index contributed by atoms with van der Waals surface area (Å²) in [6.45, 7) is 3.15. The first-order chi connectivity index (χ1) is 14.9. The van der Waals surface area contributed by atoms with Crippen molar-refractivity contribution in [2.45, 2.75) is 50.5 Å². The molecule has 6 nitrogen and oxygen atoms in total. The third-order valence-electron chi connectivity index (χ3n) is 6.13. The number of benzene rings is 1. The zero-order valence-electron chi connectivity index (χ0n) is 17.4. The van der Waals surface area contributed by atoms with Gasteiger partial charge >= 0.3 is 6.18 Å². The van der Waals surface area contributed by atoms with E-state index >= 15 is 0 Å². The Bertz CT molecular complexity index is 870. The molecule has 2 aliphatic heterocycles. The number of nitrogens with one attached hydrogen (secondary N) is 1. The van der Waals surface area contributed by atoms with Gasteiger partial charge in [0, 0.05) is 38.3 Å². The molecule has 2 fully saturated rings. The third-order valence-corrected chi connectivity index (χ3v) is 6.13. The zero-order valence-corrected chi connectivity index (χ0v) is 17.4. The highest BCUT2D eigenvalue weighted by atomic mass is 19.4. The van der Waals surface area contributed by atoms with Crippen molar-refractivity contribution < 1.29 is 18.3 Å². The molecule has 0 spiro atoms. The molecule has 2 N–H and O–H groups in total. The average Bonchev–Trinajstić information content (AvgIpc) is 3.24. The van der Waals surface area contributed by atoms with Crippen LogP contribution in [0, 0.1) is 0 Å². The number of aliphatic hydroxyl groups excluding tert-OH is 1. The van der Waals surface area contributed by atoms with Crippen molar-refractivity contribution >= 4 is 11.6 Å². The lowest BCUT2D eigenvalue weighted by atomic mass is 10.0. The van der Waals surface area contributed by atoms with Crippen LogP contribution in [0.4, 0.5) is 24.8 Å². The molecule has 0 saturated carbocycles. The summed E-state index contributed by atoms with van der Waals surface area (Å²) in [5.74, 6) is 1.60. The summed E-state index contributed by atoms with van der Waals surface area (Å²) in [6, 6.07) is 7.88. The molecule has 1 atom stereocenters. The maximum absolute atomic E-state index is 12.9. The molecule has 0 amide bonds. The Morgan fingerprint density at radius 2 is 1.87 bits per heavy atom. The van der Waals surface area contributed by atoms with Crippen LogP contribution in [-0.4, -0.2) is 58.3 Å². The lowest BCUT2D eigenvalue weighted by Crippen LogP contribution is -2.39. The number of aromatic nitrogens is 2. The highest BCUT2D eigenvalue weighted by molar-refractivity contribution is 5.50. The maximum atomic E-state index is 12.9. The number of anilines is 2. The molecule has 168 valence electrons. The Morgan fingerprint density at radius 1 is 1.06 bits per heavy atom. The van der Waals surface area contributed by atoms with Crippen LogP contribution in [0.25, 0.3) is 0 Å². The van der Waals surface area contributed by atoms with Gasteiger partial charge < -0.3 is 15.3 Å². The fourth-order valence-electron chi connectivity index (χ4n) is 4.46. The van der Waals surface area contributed by atoms with Gasteiger partial charge in [0.05, 0.1) is 18.2 Å². The van der Waals surface area contributed by atoms with E-state index in [1.54, 1.807) is 12.4 Å². The number of nitrogens with zero attached hydrogens (tertiary/aromatic N) is 4. The van der Waals surface area contributed by atoms with Crippen LogP contribution < -0.4 is 10.2 Å². The van der Waals surface area contributed by atoms with E-state index in [1.807, 2.05) is 6.07 Å². The van der Waals surface area contributed by atoms with E-state index in [9.17, 15) is 18.3 Å². The molecule has 1 aromatic heterocycles. The Labute approximate surface area is 180 Å². The van der Waals surface area contributed by atoms with E-state index < -0.39 is 11.7 Å². The van der Waals surface area contributed by atoms with Crippen molar-refractivity contribution in [3.8, 4) is 0 Å². The lowest BCUT2D eigenvalue weighted by Gasteiger charge is -2.33. The topological polar surface area (TPSA) is 64.5 Å². The summed E-state index contributed by atoms with van der Waals surface area (Å²) in [5.41, 5.74) is 0.0910. The van der Waals surface area contributed by atoms with Crippen LogP contribution in [0.1, 0.15) is 36.8 Å². The van der Waals surface area contributed by atoms with E-state index in [1.165, 1.54) is 12.1 Å². The van der Waals surface area contributed by atoms with Gasteiger partial charge in [-0.15, -0.1) is 0 Å². The van der Waals surface area contributed by atoms with E-state index in [2.05, 4.69) is 25.1 Å². The molecule has 9 heteroatoms. The maximum Gasteiger partial charge on any atom is 0.416 e. The normalized spacial score (nSPS) is 20.9. The molecule has 4 rings (SSSR count). The van der Waals surface area contributed by atoms with E-state index in [0.717, 1.165) is 63.0 Å². The van der Waals surface area contributed by atoms with Crippen LogP contribution in [0.5, 0.6) is 0 Å². The lowest BCUT2D eigenvalue weighted by molar-refractivity contribution is -0.137. The van der Waals surface area contributed by atoms with Gasteiger partial charge in [0.25, 0.3) is 0 Å². The number of alkyl halides is 3. The highest BCUT2D eigenvalue weighted by Gasteiger charge is 2.30. The molecule has 31 heavy (non-hydrogen) atoms. The van der Waals surface area contributed by atoms with Gasteiger partial charge in [0.2, 0.25) is 0 Å². The van der Waals surface area contributed by atoms with Gasteiger partial charge in [0.15, 0.2) is 0 Å². The first-order valence-corrected chi connectivity index (χ1v) is 10.8. The molecule has 2 aliphatic rings. The first kappa shape index (κ1) is 21.8. The number of piperidine rings is 1. The van der Waals surface area contributed by atoms with Gasteiger partial charge in [-0.2, -0.15) is 13.2 Å². The zero-order chi connectivity index (χ0) is 21.8. The second-order valence-corrected chi connectivity index (χ2v) is 8.33.